The van der Waals surface area contributed by atoms with Crippen molar-refractivity contribution in [1.29, 1.82) is 0 Å². The third-order valence-corrected chi connectivity index (χ3v) is 3.96. The molecular formula is C16H20N4O2. The second-order valence-electron chi connectivity index (χ2n) is 5.53. The molecule has 0 bridgehead atoms. The molecule has 0 saturated carbocycles. The van der Waals surface area contributed by atoms with Gasteiger partial charge in [0.2, 0.25) is 0 Å². The maximum Gasteiger partial charge on any atom is 0.256 e. The molecule has 6 nitrogen and oxygen atoms in total. The molecule has 1 aromatic heterocycles. The van der Waals surface area contributed by atoms with Crippen molar-refractivity contribution in [2.75, 3.05) is 31.1 Å². The molecule has 1 aliphatic heterocycles. The molecule has 22 heavy (non-hydrogen) atoms. The van der Waals surface area contributed by atoms with Crippen molar-refractivity contribution in [3.8, 4) is 0 Å². The van der Waals surface area contributed by atoms with Crippen LogP contribution in [0.25, 0.3) is 0 Å². The number of anilines is 1. The predicted molar refractivity (Wildman–Crippen MR) is 83.5 cm³/mol. The standard InChI is InChI=1S/C16H20N4O2/c1-12-11-14(18-17-12)19-7-9-20(10-8-19)16(22)15(21)13-5-3-2-4-6-13/h2-6,11,15,21H,7-10H2,1H3,(H,17,18). The number of carbonyl (C=O) groups excluding carboxylic acids is 1. The SMILES string of the molecule is Cc1cc(N2CCN(C(=O)C(O)c3ccccc3)CC2)n[nH]1. The zero-order valence-corrected chi connectivity index (χ0v) is 12.6. The first kappa shape index (κ1) is 14.6. The van der Waals surface area contributed by atoms with Crippen molar-refractivity contribution in [3.05, 3.63) is 47.7 Å². The fourth-order valence-electron chi connectivity index (χ4n) is 2.67. The van der Waals surface area contributed by atoms with Gasteiger partial charge in [0.1, 0.15) is 0 Å². The average molecular weight is 300 g/mol. The Morgan fingerprint density at radius 1 is 1.23 bits per heavy atom. The lowest BCUT2D eigenvalue weighted by atomic mass is 10.1. The minimum absolute atomic E-state index is 0.232. The van der Waals surface area contributed by atoms with Crippen LogP contribution in [-0.4, -0.2) is 52.3 Å². The molecule has 1 atom stereocenters. The summed E-state index contributed by atoms with van der Waals surface area (Å²) in [4.78, 5) is 16.2. The molecule has 2 N–H and O–H groups in total. The van der Waals surface area contributed by atoms with Crippen LogP contribution < -0.4 is 4.90 Å². The second-order valence-corrected chi connectivity index (χ2v) is 5.53. The molecular weight excluding hydrogens is 280 g/mol. The molecule has 1 amide bonds. The molecule has 1 aromatic carbocycles. The van der Waals surface area contributed by atoms with Gasteiger partial charge in [-0.05, 0) is 12.5 Å². The molecule has 0 spiro atoms. The number of aliphatic hydroxyl groups is 1. The lowest BCUT2D eigenvalue weighted by Crippen LogP contribution is -2.50. The number of aromatic amines is 1. The van der Waals surface area contributed by atoms with Crippen LogP contribution in [0.1, 0.15) is 17.4 Å². The summed E-state index contributed by atoms with van der Waals surface area (Å²) >= 11 is 0. The molecule has 6 heteroatoms. The van der Waals surface area contributed by atoms with Crippen molar-refractivity contribution in [2.45, 2.75) is 13.0 Å². The molecule has 3 rings (SSSR count). The molecule has 0 radical (unpaired) electrons. The summed E-state index contributed by atoms with van der Waals surface area (Å²) in [5, 5.41) is 17.4. The lowest BCUT2D eigenvalue weighted by molar-refractivity contribution is -0.140. The average Bonchev–Trinajstić information content (AvgIpc) is 3.01. The van der Waals surface area contributed by atoms with Crippen LogP contribution in [0.3, 0.4) is 0 Å². The summed E-state index contributed by atoms with van der Waals surface area (Å²) in [6.45, 7) is 4.59. The van der Waals surface area contributed by atoms with E-state index in [9.17, 15) is 9.90 Å². The number of piperazine rings is 1. The van der Waals surface area contributed by atoms with Crippen LogP contribution in [0.4, 0.5) is 5.82 Å². The van der Waals surface area contributed by atoms with Crippen LogP contribution in [0.5, 0.6) is 0 Å². The van der Waals surface area contributed by atoms with Crippen molar-refractivity contribution >= 4 is 11.7 Å². The Morgan fingerprint density at radius 3 is 2.50 bits per heavy atom. The number of benzene rings is 1. The van der Waals surface area contributed by atoms with Gasteiger partial charge in [-0.1, -0.05) is 30.3 Å². The number of hydrogen-bond acceptors (Lipinski definition) is 4. The highest BCUT2D eigenvalue weighted by atomic mass is 16.3. The van der Waals surface area contributed by atoms with Gasteiger partial charge in [-0.3, -0.25) is 9.89 Å². The monoisotopic (exact) mass is 300 g/mol. The van der Waals surface area contributed by atoms with E-state index in [0.29, 0.717) is 18.7 Å². The first-order valence-corrected chi connectivity index (χ1v) is 7.44. The van der Waals surface area contributed by atoms with E-state index in [-0.39, 0.29) is 5.91 Å². The van der Waals surface area contributed by atoms with E-state index < -0.39 is 6.10 Å². The Bertz CT molecular complexity index is 633. The van der Waals surface area contributed by atoms with Gasteiger partial charge in [0, 0.05) is 37.9 Å². The highest BCUT2D eigenvalue weighted by Crippen LogP contribution is 2.19. The van der Waals surface area contributed by atoms with E-state index in [4.69, 9.17) is 0 Å². The van der Waals surface area contributed by atoms with Crippen molar-refractivity contribution < 1.29 is 9.90 Å². The Labute approximate surface area is 129 Å². The van der Waals surface area contributed by atoms with Crippen LogP contribution in [0, 0.1) is 6.92 Å². The van der Waals surface area contributed by atoms with Gasteiger partial charge < -0.3 is 14.9 Å². The van der Waals surface area contributed by atoms with Gasteiger partial charge in [0.25, 0.3) is 5.91 Å². The Balaban J connectivity index is 1.60. The summed E-state index contributed by atoms with van der Waals surface area (Å²) < 4.78 is 0. The van der Waals surface area contributed by atoms with Crippen LogP contribution in [-0.2, 0) is 4.79 Å². The largest absolute Gasteiger partial charge is 0.378 e. The number of aromatic nitrogens is 2. The maximum absolute atomic E-state index is 12.4. The molecule has 1 fully saturated rings. The summed E-state index contributed by atoms with van der Waals surface area (Å²) in [5.74, 6) is 0.678. The van der Waals surface area contributed by atoms with E-state index in [1.807, 2.05) is 31.2 Å². The van der Waals surface area contributed by atoms with E-state index in [1.165, 1.54) is 0 Å². The summed E-state index contributed by atoms with van der Waals surface area (Å²) in [7, 11) is 0. The van der Waals surface area contributed by atoms with Gasteiger partial charge >= 0.3 is 0 Å². The second kappa shape index (κ2) is 6.19. The first-order chi connectivity index (χ1) is 10.6. The van der Waals surface area contributed by atoms with Crippen LogP contribution in [0.15, 0.2) is 36.4 Å². The Morgan fingerprint density at radius 2 is 1.91 bits per heavy atom. The summed E-state index contributed by atoms with van der Waals surface area (Å²) in [6, 6.07) is 11.0. The van der Waals surface area contributed by atoms with E-state index in [1.54, 1.807) is 17.0 Å². The minimum atomic E-state index is -1.08. The van der Waals surface area contributed by atoms with E-state index in [2.05, 4.69) is 15.1 Å². The zero-order chi connectivity index (χ0) is 15.5. The van der Waals surface area contributed by atoms with Gasteiger partial charge in [-0.15, -0.1) is 0 Å². The molecule has 1 unspecified atom stereocenters. The topological polar surface area (TPSA) is 72.5 Å². The predicted octanol–water partition coefficient (Wildman–Crippen LogP) is 1.10. The Hall–Kier alpha value is -2.34. The van der Waals surface area contributed by atoms with Gasteiger partial charge in [0.15, 0.2) is 11.9 Å². The van der Waals surface area contributed by atoms with Crippen LogP contribution >= 0.6 is 0 Å². The van der Waals surface area contributed by atoms with Gasteiger partial charge in [-0.2, -0.15) is 5.10 Å². The van der Waals surface area contributed by atoms with E-state index >= 15 is 0 Å². The number of aryl methyl sites for hydroxylation is 1. The third-order valence-electron chi connectivity index (χ3n) is 3.96. The number of rotatable bonds is 3. The quantitative estimate of drug-likeness (QED) is 0.890. The molecule has 2 heterocycles. The van der Waals surface area contributed by atoms with Gasteiger partial charge in [-0.25, -0.2) is 0 Å². The van der Waals surface area contributed by atoms with Crippen molar-refractivity contribution in [3.63, 3.8) is 0 Å². The fourth-order valence-corrected chi connectivity index (χ4v) is 2.67. The van der Waals surface area contributed by atoms with E-state index in [0.717, 1.165) is 24.6 Å². The third kappa shape index (κ3) is 2.96. The number of aliphatic hydroxyl groups excluding tert-OH is 1. The lowest BCUT2D eigenvalue weighted by Gasteiger charge is -2.35. The molecule has 0 aliphatic carbocycles. The number of hydrogen-bond donors (Lipinski definition) is 2. The summed E-state index contributed by atoms with van der Waals surface area (Å²) in [5.41, 5.74) is 1.66. The normalized spacial score (nSPS) is 16.6. The van der Waals surface area contributed by atoms with Crippen molar-refractivity contribution in [1.82, 2.24) is 15.1 Å². The number of carbonyl (C=O) groups is 1. The smallest absolute Gasteiger partial charge is 0.256 e. The first-order valence-electron chi connectivity index (χ1n) is 7.44. The minimum Gasteiger partial charge on any atom is -0.378 e. The fraction of sp³-hybridized carbons (Fsp3) is 0.375. The van der Waals surface area contributed by atoms with Crippen molar-refractivity contribution in [2.24, 2.45) is 0 Å². The maximum atomic E-state index is 12.4. The summed E-state index contributed by atoms with van der Waals surface area (Å²) in [6.07, 6.45) is -1.08. The highest BCUT2D eigenvalue weighted by Gasteiger charge is 2.27. The number of H-pyrrole nitrogens is 1. The number of nitrogens with one attached hydrogen (secondary N) is 1. The van der Waals surface area contributed by atoms with Gasteiger partial charge in [0.05, 0.1) is 0 Å². The molecule has 116 valence electrons. The molecule has 1 aliphatic rings. The van der Waals surface area contributed by atoms with Crippen LogP contribution in [0.2, 0.25) is 0 Å². The molecule has 1 saturated heterocycles. The Kier molecular flexibility index (Phi) is 4.11. The number of nitrogens with zero attached hydrogens (tertiary/aromatic N) is 3. The molecule has 2 aromatic rings. The highest BCUT2D eigenvalue weighted by molar-refractivity contribution is 5.82. The number of amides is 1. The zero-order valence-electron chi connectivity index (χ0n) is 12.6.